The second kappa shape index (κ2) is 4.33. The molecule has 0 radical (unpaired) electrons. The number of sulfonamides is 1. The molecule has 3 aromatic rings. The third kappa shape index (κ3) is 1.76. The lowest BCUT2D eigenvalue weighted by Crippen LogP contribution is -2.26. The highest BCUT2D eigenvalue weighted by molar-refractivity contribution is 7.93. The summed E-state index contributed by atoms with van der Waals surface area (Å²) in [5.74, 6) is 0. The molecule has 104 valence electrons. The third-order valence-corrected chi connectivity index (χ3v) is 5.65. The average molecular weight is 295 g/mol. The maximum Gasteiger partial charge on any atom is 0.265 e. The summed E-state index contributed by atoms with van der Waals surface area (Å²) in [5, 5.41) is 1.79. The lowest BCUT2D eigenvalue weighted by molar-refractivity contribution is 0.593. The van der Waals surface area contributed by atoms with E-state index in [1.165, 1.54) is 4.31 Å². The topological polar surface area (TPSA) is 37.4 Å². The van der Waals surface area contributed by atoms with Crippen LogP contribution < -0.4 is 4.31 Å². The fourth-order valence-electron chi connectivity index (χ4n) is 2.88. The summed E-state index contributed by atoms with van der Waals surface area (Å²) in [6.45, 7) is 0.358. The zero-order valence-corrected chi connectivity index (χ0v) is 12.0. The molecule has 3 aromatic carbocycles. The van der Waals surface area contributed by atoms with Crippen molar-refractivity contribution in [2.45, 2.75) is 11.4 Å². The van der Waals surface area contributed by atoms with Crippen molar-refractivity contribution in [3.8, 4) is 0 Å². The largest absolute Gasteiger partial charge is 0.265 e. The zero-order valence-electron chi connectivity index (χ0n) is 11.2. The number of rotatable bonds is 2. The lowest BCUT2D eigenvalue weighted by Gasteiger charge is -2.18. The van der Waals surface area contributed by atoms with Crippen LogP contribution in [0.5, 0.6) is 0 Å². The van der Waals surface area contributed by atoms with Crippen molar-refractivity contribution in [2.75, 3.05) is 4.31 Å². The summed E-state index contributed by atoms with van der Waals surface area (Å²) in [6, 6.07) is 20.8. The molecule has 0 N–H and O–H groups in total. The van der Waals surface area contributed by atoms with Crippen LogP contribution in [0.15, 0.2) is 71.6 Å². The van der Waals surface area contributed by atoms with E-state index < -0.39 is 10.0 Å². The molecular weight excluding hydrogens is 282 g/mol. The highest BCUT2D eigenvalue weighted by Crippen LogP contribution is 2.42. The molecule has 1 aliphatic heterocycles. The van der Waals surface area contributed by atoms with Gasteiger partial charge in [0.25, 0.3) is 10.0 Å². The first-order valence-corrected chi connectivity index (χ1v) is 8.20. The van der Waals surface area contributed by atoms with Crippen LogP contribution in [0.25, 0.3) is 10.8 Å². The van der Waals surface area contributed by atoms with Gasteiger partial charge in [0.2, 0.25) is 0 Å². The van der Waals surface area contributed by atoms with Gasteiger partial charge in [-0.3, -0.25) is 4.31 Å². The first kappa shape index (κ1) is 12.4. The lowest BCUT2D eigenvalue weighted by atomic mass is 10.1. The molecule has 3 nitrogen and oxygen atoms in total. The molecule has 0 saturated carbocycles. The van der Waals surface area contributed by atoms with E-state index in [1.807, 2.05) is 54.6 Å². The minimum absolute atomic E-state index is 0.358. The summed E-state index contributed by atoms with van der Waals surface area (Å²) in [4.78, 5) is 0.409. The summed E-state index contributed by atoms with van der Waals surface area (Å²) in [5.41, 5.74) is 1.75. The van der Waals surface area contributed by atoms with E-state index in [2.05, 4.69) is 0 Å². The van der Waals surface area contributed by atoms with Gasteiger partial charge in [-0.1, -0.05) is 54.6 Å². The van der Waals surface area contributed by atoms with Crippen LogP contribution >= 0.6 is 0 Å². The molecule has 0 amide bonds. The monoisotopic (exact) mass is 295 g/mol. The highest BCUT2D eigenvalue weighted by atomic mass is 32.2. The Kier molecular flexibility index (Phi) is 2.56. The standard InChI is InChI=1S/C17H13NO2S/c19-21(20)16-11-5-9-14-8-4-10-15(17(14)16)18(21)12-13-6-2-1-3-7-13/h1-11H,12H2. The zero-order chi connectivity index (χ0) is 14.4. The molecule has 0 aromatic heterocycles. The Morgan fingerprint density at radius 2 is 1.52 bits per heavy atom. The Morgan fingerprint density at radius 3 is 2.29 bits per heavy atom. The number of anilines is 1. The molecule has 1 aliphatic rings. The first-order valence-electron chi connectivity index (χ1n) is 6.76. The van der Waals surface area contributed by atoms with E-state index in [0.717, 1.165) is 22.0 Å². The van der Waals surface area contributed by atoms with Crippen molar-refractivity contribution < 1.29 is 8.42 Å². The molecule has 1 heterocycles. The molecule has 0 spiro atoms. The van der Waals surface area contributed by atoms with E-state index in [9.17, 15) is 8.42 Å². The molecule has 0 bridgehead atoms. The fraction of sp³-hybridized carbons (Fsp3) is 0.0588. The van der Waals surface area contributed by atoms with Crippen molar-refractivity contribution in [3.63, 3.8) is 0 Å². The summed E-state index contributed by atoms with van der Waals surface area (Å²) < 4.78 is 27.1. The van der Waals surface area contributed by atoms with E-state index in [0.29, 0.717) is 11.4 Å². The van der Waals surface area contributed by atoms with Gasteiger partial charge in [0.15, 0.2) is 0 Å². The maximum absolute atomic E-state index is 12.8. The Balaban J connectivity index is 1.93. The molecule has 4 heteroatoms. The van der Waals surface area contributed by atoms with Gasteiger partial charge in [-0.25, -0.2) is 8.42 Å². The normalized spacial score (nSPS) is 15.5. The fourth-order valence-corrected chi connectivity index (χ4v) is 4.58. The Bertz CT molecular complexity index is 928. The van der Waals surface area contributed by atoms with Crippen molar-refractivity contribution in [1.82, 2.24) is 0 Å². The van der Waals surface area contributed by atoms with Crippen LogP contribution in [0.1, 0.15) is 5.56 Å². The number of nitrogens with zero attached hydrogens (tertiary/aromatic N) is 1. The predicted octanol–water partition coefficient (Wildman–Crippen LogP) is 3.55. The van der Waals surface area contributed by atoms with Gasteiger partial charge in [-0.2, -0.15) is 0 Å². The van der Waals surface area contributed by atoms with Gasteiger partial charge in [-0.15, -0.1) is 0 Å². The molecule has 0 fully saturated rings. The van der Waals surface area contributed by atoms with Gasteiger partial charge >= 0.3 is 0 Å². The van der Waals surface area contributed by atoms with Crippen LogP contribution in [-0.2, 0) is 16.6 Å². The van der Waals surface area contributed by atoms with E-state index >= 15 is 0 Å². The SMILES string of the molecule is O=S1(=O)c2cccc3cccc(c23)N1Cc1ccccc1. The second-order valence-electron chi connectivity index (χ2n) is 5.13. The van der Waals surface area contributed by atoms with Crippen molar-refractivity contribution in [1.29, 1.82) is 0 Å². The molecule has 0 unspecified atom stereocenters. The summed E-state index contributed by atoms with van der Waals surface area (Å²) in [6.07, 6.45) is 0. The maximum atomic E-state index is 12.8. The number of hydrogen-bond donors (Lipinski definition) is 0. The van der Waals surface area contributed by atoms with E-state index in [-0.39, 0.29) is 0 Å². The Hall–Kier alpha value is -2.33. The van der Waals surface area contributed by atoms with Crippen molar-refractivity contribution in [3.05, 3.63) is 72.3 Å². The van der Waals surface area contributed by atoms with Crippen molar-refractivity contribution in [2.24, 2.45) is 0 Å². The summed E-state index contributed by atoms with van der Waals surface area (Å²) in [7, 11) is -3.46. The minimum Gasteiger partial charge on any atom is -0.261 e. The van der Waals surface area contributed by atoms with Crippen LogP contribution in [0.4, 0.5) is 5.69 Å². The molecule has 0 saturated heterocycles. The van der Waals surface area contributed by atoms with Gasteiger partial charge in [-0.05, 0) is 23.1 Å². The molecular formula is C17H13NO2S. The van der Waals surface area contributed by atoms with E-state index in [4.69, 9.17) is 0 Å². The highest BCUT2D eigenvalue weighted by Gasteiger charge is 2.35. The van der Waals surface area contributed by atoms with Gasteiger partial charge in [0.05, 0.1) is 17.1 Å². The molecule has 0 atom stereocenters. The van der Waals surface area contributed by atoms with Crippen LogP contribution in [0, 0.1) is 0 Å². The first-order chi connectivity index (χ1) is 10.2. The van der Waals surface area contributed by atoms with Gasteiger partial charge in [0, 0.05) is 5.39 Å². The predicted molar refractivity (Wildman–Crippen MR) is 83.8 cm³/mol. The number of benzene rings is 3. The van der Waals surface area contributed by atoms with Crippen molar-refractivity contribution >= 4 is 26.5 Å². The molecule has 0 aliphatic carbocycles. The third-order valence-electron chi connectivity index (χ3n) is 3.85. The quantitative estimate of drug-likeness (QED) is 0.725. The van der Waals surface area contributed by atoms with Crippen LogP contribution in [0.2, 0.25) is 0 Å². The van der Waals surface area contributed by atoms with E-state index in [1.54, 1.807) is 12.1 Å². The second-order valence-corrected chi connectivity index (χ2v) is 6.96. The smallest absolute Gasteiger partial charge is 0.261 e. The van der Waals surface area contributed by atoms with Gasteiger partial charge < -0.3 is 0 Å². The number of hydrogen-bond acceptors (Lipinski definition) is 2. The Labute approximate surface area is 123 Å². The molecule has 21 heavy (non-hydrogen) atoms. The van der Waals surface area contributed by atoms with Crippen LogP contribution in [-0.4, -0.2) is 8.42 Å². The average Bonchev–Trinajstić information content (AvgIpc) is 2.72. The molecule has 4 rings (SSSR count). The summed E-state index contributed by atoms with van der Waals surface area (Å²) >= 11 is 0. The Morgan fingerprint density at radius 1 is 0.810 bits per heavy atom. The minimum atomic E-state index is -3.46. The van der Waals surface area contributed by atoms with Crippen LogP contribution in [0.3, 0.4) is 0 Å². The van der Waals surface area contributed by atoms with Gasteiger partial charge in [0.1, 0.15) is 0 Å².